The van der Waals surface area contributed by atoms with Gasteiger partial charge in [0, 0.05) is 24.4 Å². The Morgan fingerprint density at radius 3 is 3.04 bits per heavy atom. The number of hydrogen-bond acceptors (Lipinski definition) is 7. The van der Waals surface area contributed by atoms with Crippen LogP contribution in [0, 0.1) is 0 Å². The van der Waals surface area contributed by atoms with Crippen molar-refractivity contribution in [3.05, 3.63) is 29.5 Å². The molecule has 8 heteroatoms. The van der Waals surface area contributed by atoms with E-state index in [-0.39, 0.29) is 18.6 Å². The van der Waals surface area contributed by atoms with Crippen LogP contribution in [-0.2, 0) is 20.8 Å². The van der Waals surface area contributed by atoms with Gasteiger partial charge in [0.2, 0.25) is 5.91 Å². The van der Waals surface area contributed by atoms with Crippen LogP contribution < -0.4 is 5.32 Å². The standard InChI is InChI=1S/C16H20N4O3S/c21-14(10-22-9-13-4-1-2-7-23-13)19-8-12-11-24-16(20-12)15-17-5-3-6-18-15/h3,5-6,11,13H,1-2,4,7-10H2,(H,19,21)/t13-/m1/s1. The third kappa shape index (κ3) is 5.05. The van der Waals surface area contributed by atoms with Crippen molar-refractivity contribution in [2.45, 2.75) is 31.9 Å². The molecular weight excluding hydrogens is 328 g/mol. The SMILES string of the molecule is O=C(COC[C@H]1CCCCO1)NCc1csc(-c2ncccn2)n1. The quantitative estimate of drug-likeness (QED) is 0.821. The van der Waals surface area contributed by atoms with Crippen LogP contribution in [0.2, 0.25) is 0 Å². The summed E-state index contributed by atoms with van der Waals surface area (Å²) in [5.74, 6) is 0.437. The second kappa shape index (κ2) is 8.81. The average Bonchev–Trinajstić information content (AvgIpc) is 3.11. The largest absolute Gasteiger partial charge is 0.376 e. The molecule has 0 radical (unpaired) electrons. The molecule has 24 heavy (non-hydrogen) atoms. The minimum atomic E-state index is -0.156. The van der Waals surface area contributed by atoms with Crippen LogP contribution in [0.1, 0.15) is 25.0 Å². The second-order valence-electron chi connectivity index (χ2n) is 5.50. The van der Waals surface area contributed by atoms with Gasteiger partial charge in [0.05, 0.1) is 24.9 Å². The molecule has 1 aliphatic rings. The molecule has 0 aliphatic carbocycles. The minimum absolute atomic E-state index is 0.0403. The maximum Gasteiger partial charge on any atom is 0.246 e. The van der Waals surface area contributed by atoms with E-state index in [1.54, 1.807) is 18.5 Å². The van der Waals surface area contributed by atoms with E-state index < -0.39 is 0 Å². The van der Waals surface area contributed by atoms with Crippen LogP contribution in [0.15, 0.2) is 23.8 Å². The zero-order chi connectivity index (χ0) is 16.6. The van der Waals surface area contributed by atoms with E-state index in [9.17, 15) is 4.79 Å². The number of nitrogens with one attached hydrogen (secondary N) is 1. The number of thiazole rings is 1. The number of ether oxygens (including phenoxy) is 2. The average molecular weight is 348 g/mol. The van der Waals surface area contributed by atoms with Gasteiger partial charge in [-0.2, -0.15) is 0 Å². The van der Waals surface area contributed by atoms with Gasteiger partial charge in [-0.3, -0.25) is 4.79 Å². The molecule has 0 unspecified atom stereocenters. The van der Waals surface area contributed by atoms with Crippen molar-refractivity contribution in [1.29, 1.82) is 0 Å². The Balaban J connectivity index is 1.38. The number of hydrogen-bond donors (Lipinski definition) is 1. The lowest BCUT2D eigenvalue weighted by Crippen LogP contribution is -2.30. The van der Waals surface area contributed by atoms with Crippen LogP contribution >= 0.6 is 11.3 Å². The zero-order valence-corrected chi connectivity index (χ0v) is 14.1. The molecule has 3 rings (SSSR count). The highest BCUT2D eigenvalue weighted by Crippen LogP contribution is 2.19. The van der Waals surface area contributed by atoms with E-state index >= 15 is 0 Å². The van der Waals surface area contributed by atoms with Crippen molar-refractivity contribution >= 4 is 17.2 Å². The van der Waals surface area contributed by atoms with Gasteiger partial charge in [-0.1, -0.05) is 0 Å². The maximum absolute atomic E-state index is 11.8. The fraction of sp³-hybridized carbons (Fsp3) is 0.500. The summed E-state index contributed by atoms with van der Waals surface area (Å²) in [5, 5.41) is 5.43. The summed E-state index contributed by atoms with van der Waals surface area (Å²) >= 11 is 1.46. The van der Waals surface area contributed by atoms with Gasteiger partial charge in [-0.25, -0.2) is 15.0 Å². The van der Waals surface area contributed by atoms with Crippen LogP contribution in [-0.4, -0.2) is 46.8 Å². The smallest absolute Gasteiger partial charge is 0.246 e. The van der Waals surface area contributed by atoms with E-state index in [4.69, 9.17) is 9.47 Å². The molecule has 1 saturated heterocycles. The third-order valence-electron chi connectivity index (χ3n) is 3.59. The predicted molar refractivity (Wildman–Crippen MR) is 89.4 cm³/mol. The summed E-state index contributed by atoms with van der Waals surface area (Å²) in [5.41, 5.74) is 0.784. The molecule has 2 aromatic heterocycles. The minimum Gasteiger partial charge on any atom is -0.376 e. The fourth-order valence-corrected chi connectivity index (χ4v) is 3.13. The van der Waals surface area contributed by atoms with Crippen molar-refractivity contribution in [1.82, 2.24) is 20.3 Å². The number of rotatable bonds is 7. The van der Waals surface area contributed by atoms with E-state index in [1.165, 1.54) is 11.3 Å². The Labute approximate surface area is 144 Å². The third-order valence-corrected chi connectivity index (χ3v) is 4.47. The number of nitrogens with zero attached hydrogens (tertiary/aromatic N) is 3. The monoisotopic (exact) mass is 348 g/mol. The highest BCUT2D eigenvalue weighted by molar-refractivity contribution is 7.13. The molecular formula is C16H20N4O3S. The van der Waals surface area contributed by atoms with E-state index in [0.717, 1.165) is 36.6 Å². The van der Waals surface area contributed by atoms with Crippen LogP contribution in [0.4, 0.5) is 0 Å². The Morgan fingerprint density at radius 1 is 1.38 bits per heavy atom. The lowest BCUT2D eigenvalue weighted by atomic mass is 10.1. The fourth-order valence-electron chi connectivity index (χ4n) is 2.36. The lowest BCUT2D eigenvalue weighted by molar-refractivity contribution is -0.128. The number of carbonyl (C=O) groups excluding carboxylic acids is 1. The topological polar surface area (TPSA) is 86.2 Å². The summed E-state index contributed by atoms with van der Waals surface area (Å²) in [6.45, 7) is 1.67. The summed E-state index contributed by atoms with van der Waals surface area (Å²) in [6.07, 6.45) is 6.76. The Hall–Kier alpha value is -1.90. The van der Waals surface area contributed by atoms with Gasteiger partial charge in [0.25, 0.3) is 0 Å². The first-order valence-electron chi connectivity index (χ1n) is 7.99. The maximum atomic E-state index is 11.8. The van der Waals surface area contributed by atoms with Gasteiger partial charge in [-0.15, -0.1) is 11.3 Å². The summed E-state index contributed by atoms with van der Waals surface area (Å²) in [4.78, 5) is 24.6. The normalized spacial score (nSPS) is 17.6. The Morgan fingerprint density at radius 2 is 2.25 bits per heavy atom. The van der Waals surface area contributed by atoms with Crippen molar-refractivity contribution < 1.29 is 14.3 Å². The Kier molecular flexibility index (Phi) is 6.22. The van der Waals surface area contributed by atoms with Gasteiger partial charge in [0.1, 0.15) is 6.61 Å². The molecule has 7 nitrogen and oxygen atoms in total. The van der Waals surface area contributed by atoms with Gasteiger partial charge in [0.15, 0.2) is 10.8 Å². The number of carbonyl (C=O) groups is 1. The highest BCUT2D eigenvalue weighted by Gasteiger charge is 2.14. The van der Waals surface area contributed by atoms with Crippen LogP contribution in [0.25, 0.3) is 10.8 Å². The molecule has 1 atom stereocenters. The Bertz CT molecular complexity index is 644. The van der Waals surface area contributed by atoms with Crippen molar-refractivity contribution in [3.8, 4) is 10.8 Å². The second-order valence-corrected chi connectivity index (χ2v) is 6.35. The van der Waals surface area contributed by atoms with Crippen molar-refractivity contribution in [2.75, 3.05) is 19.8 Å². The molecule has 2 aromatic rings. The molecule has 1 fully saturated rings. The number of aromatic nitrogens is 3. The number of amides is 1. The van der Waals surface area contributed by atoms with E-state index in [1.807, 2.05) is 5.38 Å². The summed E-state index contributed by atoms with van der Waals surface area (Å²) < 4.78 is 11.0. The summed E-state index contributed by atoms with van der Waals surface area (Å²) in [7, 11) is 0. The van der Waals surface area contributed by atoms with Gasteiger partial charge >= 0.3 is 0 Å². The highest BCUT2D eigenvalue weighted by atomic mass is 32.1. The molecule has 1 N–H and O–H groups in total. The van der Waals surface area contributed by atoms with E-state index in [0.29, 0.717) is 19.0 Å². The van der Waals surface area contributed by atoms with Gasteiger partial charge in [-0.05, 0) is 25.3 Å². The molecule has 0 spiro atoms. The van der Waals surface area contributed by atoms with Crippen LogP contribution in [0.3, 0.4) is 0 Å². The first-order valence-corrected chi connectivity index (χ1v) is 8.87. The van der Waals surface area contributed by atoms with Gasteiger partial charge < -0.3 is 14.8 Å². The molecule has 0 bridgehead atoms. The molecule has 128 valence electrons. The molecule has 3 heterocycles. The molecule has 1 amide bonds. The molecule has 0 aromatic carbocycles. The van der Waals surface area contributed by atoms with Crippen molar-refractivity contribution in [3.63, 3.8) is 0 Å². The molecule has 0 saturated carbocycles. The summed E-state index contributed by atoms with van der Waals surface area (Å²) in [6, 6.07) is 1.76. The zero-order valence-electron chi connectivity index (χ0n) is 13.3. The predicted octanol–water partition coefficient (Wildman–Crippen LogP) is 1.80. The first-order chi connectivity index (χ1) is 11.8. The first kappa shape index (κ1) is 16.9. The van der Waals surface area contributed by atoms with E-state index in [2.05, 4.69) is 20.3 Å². The van der Waals surface area contributed by atoms with Crippen LogP contribution in [0.5, 0.6) is 0 Å². The lowest BCUT2D eigenvalue weighted by Gasteiger charge is -2.22. The van der Waals surface area contributed by atoms with Crippen molar-refractivity contribution in [2.24, 2.45) is 0 Å². The molecule has 1 aliphatic heterocycles.